The maximum Gasteiger partial charge on any atom is 0.331 e. The number of allylic oxidation sites excluding steroid dienone is 1. The molecule has 6 nitrogen and oxygen atoms in total. The summed E-state index contributed by atoms with van der Waals surface area (Å²) in [6, 6.07) is 3.67. The molecule has 1 heterocycles. The van der Waals surface area contributed by atoms with Gasteiger partial charge in [0.2, 0.25) is 0 Å². The minimum absolute atomic E-state index is 0.0503. The standard InChI is InChI=1S/C11H10N4O2/c1-2-8(11(16)17)3-4-15-7-14-9(5-12)10(15)6-13/h3,7H,2,4H2,1H3,(H,16,17). The van der Waals surface area contributed by atoms with Gasteiger partial charge < -0.3 is 9.67 Å². The van der Waals surface area contributed by atoms with E-state index < -0.39 is 5.97 Å². The highest BCUT2D eigenvalue weighted by Crippen LogP contribution is 2.07. The summed E-state index contributed by atoms with van der Waals surface area (Å²) < 4.78 is 1.44. The average molecular weight is 230 g/mol. The van der Waals surface area contributed by atoms with Gasteiger partial charge in [-0.3, -0.25) is 0 Å². The normalized spacial score (nSPS) is 10.6. The third-order valence-electron chi connectivity index (χ3n) is 2.24. The second kappa shape index (κ2) is 5.47. The fraction of sp³-hybridized carbons (Fsp3) is 0.273. The number of aromatic nitrogens is 2. The molecule has 0 atom stereocenters. The van der Waals surface area contributed by atoms with Crippen LogP contribution >= 0.6 is 0 Å². The van der Waals surface area contributed by atoms with Gasteiger partial charge in [-0.25, -0.2) is 9.78 Å². The molecule has 0 aromatic carbocycles. The van der Waals surface area contributed by atoms with Gasteiger partial charge in [0.15, 0.2) is 11.4 Å². The van der Waals surface area contributed by atoms with Crippen molar-refractivity contribution in [2.24, 2.45) is 0 Å². The Labute approximate surface area is 98.0 Å². The summed E-state index contributed by atoms with van der Waals surface area (Å²) in [5, 5.41) is 26.4. The first-order valence-electron chi connectivity index (χ1n) is 4.91. The van der Waals surface area contributed by atoms with Gasteiger partial charge in [0.25, 0.3) is 0 Å². The third-order valence-corrected chi connectivity index (χ3v) is 2.24. The lowest BCUT2D eigenvalue weighted by molar-refractivity contribution is -0.132. The summed E-state index contributed by atoms with van der Waals surface area (Å²) in [6.45, 7) is 1.95. The minimum Gasteiger partial charge on any atom is -0.478 e. The van der Waals surface area contributed by atoms with Crippen molar-refractivity contribution in [2.75, 3.05) is 0 Å². The molecule has 1 rings (SSSR count). The monoisotopic (exact) mass is 230 g/mol. The van der Waals surface area contributed by atoms with Crippen LogP contribution in [0.15, 0.2) is 18.0 Å². The molecule has 1 N–H and O–H groups in total. The predicted molar refractivity (Wildman–Crippen MR) is 57.7 cm³/mol. The first-order valence-corrected chi connectivity index (χ1v) is 4.91. The summed E-state index contributed by atoms with van der Waals surface area (Å²) in [6.07, 6.45) is 3.26. The summed E-state index contributed by atoms with van der Waals surface area (Å²) in [7, 11) is 0. The van der Waals surface area contributed by atoms with Gasteiger partial charge in [-0.2, -0.15) is 10.5 Å². The highest BCUT2D eigenvalue weighted by molar-refractivity contribution is 5.86. The lowest BCUT2D eigenvalue weighted by Crippen LogP contribution is -2.03. The molecule has 86 valence electrons. The SMILES string of the molecule is CCC(=CCn1cnc(C#N)c1C#N)C(=O)O. The van der Waals surface area contributed by atoms with Crippen LogP contribution in [-0.4, -0.2) is 20.6 Å². The Kier molecular flexibility index (Phi) is 4.02. The van der Waals surface area contributed by atoms with E-state index in [1.807, 2.05) is 6.07 Å². The zero-order valence-corrected chi connectivity index (χ0v) is 9.21. The minimum atomic E-state index is -0.980. The van der Waals surface area contributed by atoms with Crippen LogP contribution in [0, 0.1) is 22.7 Å². The fourth-order valence-electron chi connectivity index (χ4n) is 1.31. The molecule has 0 spiro atoms. The number of carboxylic acid groups (broad SMARTS) is 1. The Bertz CT molecular complexity index is 543. The predicted octanol–water partition coefficient (Wildman–Crippen LogP) is 1.05. The number of carboxylic acids is 1. The van der Waals surface area contributed by atoms with Crippen molar-refractivity contribution in [1.82, 2.24) is 9.55 Å². The van der Waals surface area contributed by atoms with E-state index >= 15 is 0 Å². The van der Waals surface area contributed by atoms with Crippen LogP contribution in [-0.2, 0) is 11.3 Å². The van der Waals surface area contributed by atoms with Gasteiger partial charge in [-0.1, -0.05) is 13.0 Å². The van der Waals surface area contributed by atoms with Gasteiger partial charge in [0.1, 0.15) is 12.1 Å². The van der Waals surface area contributed by atoms with Gasteiger partial charge in [-0.05, 0) is 6.42 Å². The average Bonchev–Trinajstić information content (AvgIpc) is 2.71. The topological polar surface area (TPSA) is 103 Å². The number of carbonyl (C=O) groups is 1. The fourth-order valence-corrected chi connectivity index (χ4v) is 1.31. The van der Waals surface area contributed by atoms with E-state index in [0.29, 0.717) is 6.42 Å². The molecular weight excluding hydrogens is 220 g/mol. The molecular formula is C11H10N4O2. The van der Waals surface area contributed by atoms with Gasteiger partial charge in [0.05, 0.1) is 6.33 Å². The summed E-state index contributed by atoms with van der Waals surface area (Å²) in [5.74, 6) is -0.980. The number of imidazole rings is 1. The van der Waals surface area contributed by atoms with Gasteiger partial charge in [0, 0.05) is 12.1 Å². The van der Waals surface area contributed by atoms with Crippen LogP contribution in [0.4, 0.5) is 0 Å². The molecule has 0 aliphatic heterocycles. The molecule has 0 aliphatic rings. The molecule has 0 aliphatic carbocycles. The highest BCUT2D eigenvalue weighted by atomic mass is 16.4. The zero-order valence-electron chi connectivity index (χ0n) is 9.21. The van der Waals surface area contributed by atoms with Crippen molar-refractivity contribution in [1.29, 1.82) is 10.5 Å². The molecule has 0 bridgehead atoms. The van der Waals surface area contributed by atoms with E-state index in [4.69, 9.17) is 15.6 Å². The van der Waals surface area contributed by atoms with Crippen molar-refractivity contribution < 1.29 is 9.90 Å². The molecule has 0 fully saturated rings. The lowest BCUT2D eigenvalue weighted by atomic mass is 10.2. The van der Waals surface area contributed by atoms with E-state index in [2.05, 4.69) is 4.98 Å². The first-order chi connectivity index (χ1) is 8.13. The first kappa shape index (κ1) is 12.5. The number of hydrogen-bond donors (Lipinski definition) is 1. The second-order valence-electron chi connectivity index (χ2n) is 3.21. The Hall–Kier alpha value is -2.60. The zero-order chi connectivity index (χ0) is 12.8. The lowest BCUT2D eigenvalue weighted by Gasteiger charge is -2.00. The molecule has 0 saturated carbocycles. The summed E-state index contributed by atoms with van der Waals surface area (Å²) >= 11 is 0. The van der Waals surface area contributed by atoms with E-state index in [-0.39, 0.29) is 23.5 Å². The molecule has 6 heteroatoms. The van der Waals surface area contributed by atoms with Crippen LogP contribution in [0.25, 0.3) is 0 Å². The van der Waals surface area contributed by atoms with Crippen molar-refractivity contribution in [3.05, 3.63) is 29.4 Å². The Morgan fingerprint density at radius 1 is 1.59 bits per heavy atom. The van der Waals surface area contributed by atoms with E-state index in [1.165, 1.54) is 17.0 Å². The Morgan fingerprint density at radius 3 is 2.76 bits per heavy atom. The molecule has 0 saturated heterocycles. The van der Waals surface area contributed by atoms with Crippen LogP contribution in [0.2, 0.25) is 0 Å². The maximum absolute atomic E-state index is 10.8. The quantitative estimate of drug-likeness (QED) is 0.778. The van der Waals surface area contributed by atoms with Crippen molar-refractivity contribution in [3.63, 3.8) is 0 Å². The van der Waals surface area contributed by atoms with Crippen molar-refractivity contribution in [2.45, 2.75) is 19.9 Å². The Morgan fingerprint density at radius 2 is 2.29 bits per heavy atom. The smallest absolute Gasteiger partial charge is 0.331 e. The molecule has 0 radical (unpaired) electrons. The molecule has 0 unspecified atom stereocenters. The molecule has 17 heavy (non-hydrogen) atoms. The van der Waals surface area contributed by atoms with Crippen LogP contribution < -0.4 is 0 Å². The molecule has 1 aromatic heterocycles. The maximum atomic E-state index is 10.8. The van der Waals surface area contributed by atoms with Crippen LogP contribution in [0.5, 0.6) is 0 Å². The number of nitriles is 2. The van der Waals surface area contributed by atoms with Crippen LogP contribution in [0.1, 0.15) is 24.7 Å². The van der Waals surface area contributed by atoms with Gasteiger partial charge in [-0.15, -0.1) is 0 Å². The van der Waals surface area contributed by atoms with E-state index in [1.54, 1.807) is 13.0 Å². The van der Waals surface area contributed by atoms with Crippen molar-refractivity contribution in [3.8, 4) is 12.1 Å². The third kappa shape index (κ3) is 2.70. The van der Waals surface area contributed by atoms with E-state index in [0.717, 1.165) is 0 Å². The second-order valence-corrected chi connectivity index (χ2v) is 3.21. The van der Waals surface area contributed by atoms with E-state index in [9.17, 15) is 4.79 Å². The molecule has 0 amide bonds. The number of hydrogen-bond acceptors (Lipinski definition) is 4. The molecule has 1 aromatic rings. The number of rotatable bonds is 4. The van der Waals surface area contributed by atoms with Gasteiger partial charge >= 0.3 is 5.97 Å². The van der Waals surface area contributed by atoms with Crippen LogP contribution in [0.3, 0.4) is 0 Å². The summed E-state index contributed by atoms with van der Waals surface area (Å²) in [4.78, 5) is 14.5. The Balaban J connectivity index is 2.98. The summed E-state index contributed by atoms with van der Waals surface area (Å²) in [5.41, 5.74) is 0.458. The highest BCUT2D eigenvalue weighted by Gasteiger charge is 2.09. The largest absolute Gasteiger partial charge is 0.478 e. The number of nitrogens with zero attached hydrogens (tertiary/aromatic N) is 4. The van der Waals surface area contributed by atoms with Crippen molar-refractivity contribution >= 4 is 5.97 Å². The number of aliphatic carboxylic acids is 1.